The van der Waals surface area contributed by atoms with Gasteiger partial charge in [0.15, 0.2) is 6.61 Å². The van der Waals surface area contributed by atoms with Crippen LogP contribution in [0.5, 0.6) is 17.5 Å². The van der Waals surface area contributed by atoms with Crippen LogP contribution in [-0.2, 0) is 6.61 Å². The monoisotopic (exact) mass is 437 g/mol. The molecular formula is C24H21F2N3O3. The minimum absolute atomic E-state index is 0.0977. The summed E-state index contributed by atoms with van der Waals surface area (Å²) in [6.45, 7) is -0.273. The van der Waals surface area contributed by atoms with Gasteiger partial charge in [0.2, 0.25) is 11.8 Å². The molecule has 0 saturated carbocycles. The van der Waals surface area contributed by atoms with Gasteiger partial charge in [0.05, 0.1) is 24.7 Å². The third-order valence-corrected chi connectivity index (χ3v) is 4.62. The van der Waals surface area contributed by atoms with Crippen LogP contribution in [0.15, 0.2) is 79.0 Å². The molecule has 8 heteroatoms. The highest BCUT2D eigenvalue weighted by molar-refractivity contribution is 5.64. The average molecular weight is 437 g/mol. The Morgan fingerprint density at radius 3 is 2.34 bits per heavy atom. The van der Waals surface area contributed by atoms with E-state index in [0.717, 1.165) is 11.1 Å². The summed E-state index contributed by atoms with van der Waals surface area (Å²) in [6, 6.07) is 22.4. The molecular weight excluding hydrogens is 416 g/mol. The predicted octanol–water partition coefficient (Wildman–Crippen LogP) is 5.17. The zero-order valence-electron chi connectivity index (χ0n) is 17.3. The van der Waals surface area contributed by atoms with Crippen LogP contribution in [0.1, 0.15) is 5.56 Å². The molecule has 0 unspecified atom stereocenters. The second-order valence-corrected chi connectivity index (χ2v) is 6.84. The van der Waals surface area contributed by atoms with Gasteiger partial charge in [0.25, 0.3) is 6.43 Å². The van der Waals surface area contributed by atoms with Crippen molar-refractivity contribution in [2.24, 2.45) is 0 Å². The van der Waals surface area contributed by atoms with Crippen molar-refractivity contribution in [2.75, 3.05) is 13.7 Å². The lowest BCUT2D eigenvalue weighted by Crippen LogP contribution is -2.07. The first-order chi connectivity index (χ1) is 15.6. The summed E-state index contributed by atoms with van der Waals surface area (Å²) < 4.78 is 42.9. The number of ether oxygens (including phenoxy) is 3. The van der Waals surface area contributed by atoms with Gasteiger partial charge in [-0.05, 0) is 35.9 Å². The molecule has 2 aromatic heterocycles. The lowest BCUT2D eigenvalue weighted by atomic mass is 10.1. The Kier molecular flexibility index (Phi) is 6.60. The molecule has 0 bridgehead atoms. The molecule has 0 amide bonds. The molecule has 32 heavy (non-hydrogen) atoms. The van der Waals surface area contributed by atoms with Crippen molar-refractivity contribution in [1.82, 2.24) is 14.8 Å². The van der Waals surface area contributed by atoms with E-state index in [1.807, 2.05) is 54.6 Å². The Balaban J connectivity index is 1.58. The molecule has 164 valence electrons. The van der Waals surface area contributed by atoms with Gasteiger partial charge in [-0.25, -0.2) is 18.4 Å². The van der Waals surface area contributed by atoms with Gasteiger partial charge in [-0.3, -0.25) is 0 Å². The summed E-state index contributed by atoms with van der Waals surface area (Å²) in [5.41, 5.74) is 3.18. The molecule has 4 aromatic rings. The first-order valence-electron chi connectivity index (χ1n) is 9.91. The molecule has 0 radical (unpaired) electrons. The topological polar surface area (TPSA) is 58.4 Å². The number of hydrogen-bond acceptors (Lipinski definition) is 5. The van der Waals surface area contributed by atoms with Crippen LogP contribution in [-0.4, -0.2) is 34.9 Å². The van der Waals surface area contributed by atoms with E-state index in [2.05, 4.69) is 10.1 Å². The maximum Gasteiger partial charge on any atom is 0.272 e. The van der Waals surface area contributed by atoms with Crippen molar-refractivity contribution in [3.8, 4) is 34.5 Å². The van der Waals surface area contributed by atoms with Crippen LogP contribution in [0.25, 0.3) is 16.9 Å². The highest BCUT2D eigenvalue weighted by Gasteiger charge is 2.15. The van der Waals surface area contributed by atoms with E-state index in [0.29, 0.717) is 29.6 Å². The van der Waals surface area contributed by atoms with Gasteiger partial charge in [0.1, 0.15) is 12.4 Å². The van der Waals surface area contributed by atoms with Crippen LogP contribution in [0.4, 0.5) is 8.78 Å². The summed E-state index contributed by atoms with van der Waals surface area (Å²) in [4.78, 5) is 4.20. The van der Waals surface area contributed by atoms with Crippen molar-refractivity contribution in [2.45, 2.75) is 13.0 Å². The Morgan fingerprint density at radius 2 is 1.69 bits per heavy atom. The fourth-order valence-electron chi connectivity index (χ4n) is 3.06. The molecule has 0 N–H and O–H groups in total. The average Bonchev–Trinajstić information content (AvgIpc) is 3.27. The molecule has 2 heterocycles. The predicted molar refractivity (Wildman–Crippen MR) is 116 cm³/mol. The smallest absolute Gasteiger partial charge is 0.272 e. The molecule has 0 aliphatic carbocycles. The van der Waals surface area contributed by atoms with Gasteiger partial charge in [-0.15, -0.1) is 5.10 Å². The van der Waals surface area contributed by atoms with Gasteiger partial charge in [-0.1, -0.05) is 30.3 Å². The van der Waals surface area contributed by atoms with E-state index in [1.165, 1.54) is 7.11 Å². The Labute approximate surface area is 184 Å². The molecule has 2 aromatic carbocycles. The fourth-order valence-corrected chi connectivity index (χ4v) is 3.06. The van der Waals surface area contributed by atoms with E-state index in [-0.39, 0.29) is 5.88 Å². The second-order valence-electron chi connectivity index (χ2n) is 6.84. The van der Waals surface area contributed by atoms with Crippen LogP contribution in [0.2, 0.25) is 0 Å². The van der Waals surface area contributed by atoms with Gasteiger partial charge in [0, 0.05) is 17.7 Å². The Bertz CT molecular complexity index is 1130. The van der Waals surface area contributed by atoms with Gasteiger partial charge < -0.3 is 14.2 Å². The fraction of sp³-hybridized carbons (Fsp3) is 0.167. The highest BCUT2D eigenvalue weighted by Crippen LogP contribution is 2.29. The zero-order chi connectivity index (χ0) is 22.3. The molecule has 0 saturated heterocycles. The SMILES string of the molecule is COc1ccc(-n2nc(OCC(F)F)cc2-c2ccc(OCc3ccccc3)cc2)cn1. The number of nitrogens with zero attached hydrogens (tertiary/aromatic N) is 3. The highest BCUT2D eigenvalue weighted by atomic mass is 19.3. The van der Waals surface area contributed by atoms with E-state index < -0.39 is 13.0 Å². The van der Waals surface area contributed by atoms with Crippen molar-refractivity contribution in [1.29, 1.82) is 0 Å². The number of aromatic nitrogens is 3. The number of rotatable bonds is 9. The second kappa shape index (κ2) is 9.91. The number of hydrogen-bond donors (Lipinski definition) is 0. The van der Waals surface area contributed by atoms with Crippen molar-refractivity contribution in [3.63, 3.8) is 0 Å². The van der Waals surface area contributed by atoms with Crippen molar-refractivity contribution < 1.29 is 23.0 Å². The Morgan fingerprint density at radius 1 is 0.906 bits per heavy atom. The largest absolute Gasteiger partial charge is 0.489 e. The van der Waals surface area contributed by atoms with E-state index in [9.17, 15) is 8.78 Å². The molecule has 6 nitrogen and oxygen atoms in total. The van der Waals surface area contributed by atoms with Crippen molar-refractivity contribution in [3.05, 3.63) is 84.6 Å². The molecule has 0 spiro atoms. The number of methoxy groups -OCH3 is 1. The maximum absolute atomic E-state index is 12.6. The first-order valence-corrected chi connectivity index (χ1v) is 9.91. The summed E-state index contributed by atoms with van der Waals surface area (Å²) in [5.74, 6) is 1.26. The number of halogens is 2. The lowest BCUT2D eigenvalue weighted by Gasteiger charge is -2.09. The number of pyridine rings is 1. The van der Waals surface area contributed by atoms with Gasteiger partial charge >= 0.3 is 0 Å². The molecule has 0 aliphatic rings. The van der Waals surface area contributed by atoms with Crippen LogP contribution >= 0.6 is 0 Å². The van der Waals surface area contributed by atoms with Crippen LogP contribution < -0.4 is 14.2 Å². The maximum atomic E-state index is 12.6. The lowest BCUT2D eigenvalue weighted by molar-refractivity contribution is 0.0794. The van der Waals surface area contributed by atoms with Crippen LogP contribution in [0, 0.1) is 0 Å². The zero-order valence-corrected chi connectivity index (χ0v) is 17.3. The van der Waals surface area contributed by atoms with Gasteiger partial charge in [-0.2, -0.15) is 0 Å². The number of benzene rings is 2. The number of alkyl halides is 2. The van der Waals surface area contributed by atoms with E-state index in [4.69, 9.17) is 14.2 Å². The first kappa shape index (κ1) is 21.3. The summed E-state index contributed by atoms with van der Waals surface area (Å²) in [7, 11) is 1.53. The normalized spacial score (nSPS) is 10.9. The molecule has 0 aliphatic heterocycles. The molecule has 0 fully saturated rings. The van der Waals surface area contributed by atoms with E-state index >= 15 is 0 Å². The summed E-state index contributed by atoms with van der Waals surface area (Å²) in [6.07, 6.45) is -1.00. The summed E-state index contributed by atoms with van der Waals surface area (Å²) in [5, 5.41) is 4.33. The minimum Gasteiger partial charge on any atom is -0.489 e. The minimum atomic E-state index is -2.59. The molecule has 4 rings (SSSR count). The quantitative estimate of drug-likeness (QED) is 0.362. The van der Waals surface area contributed by atoms with Crippen LogP contribution in [0.3, 0.4) is 0 Å². The third-order valence-electron chi connectivity index (χ3n) is 4.62. The third kappa shape index (κ3) is 5.21. The summed E-state index contributed by atoms with van der Waals surface area (Å²) >= 11 is 0. The standard InChI is InChI=1S/C24H21F2N3O3/c1-30-23-12-9-19(14-27-23)29-21(13-24(28-29)32-16-22(25)26)18-7-10-20(11-8-18)31-15-17-5-3-2-4-6-17/h2-14,22H,15-16H2,1H3. The van der Waals surface area contributed by atoms with E-state index in [1.54, 1.807) is 29.1 Å². The Hall–Kier alpha value is -3.94. The molecule has 0 atom stereocenters. The van der Waals surface area contributed by atoms with Crippen molar-refractivity contribution >= 4 is 0 Å².